The van der Waals surface area contributed by atoms with Crippen molar-refractivity contribution in [3.8, 4) is 0 Å². The van der Waals surface area contributed by atoms with Crippen LogP contribution in [0.2, 0.25) is 0 Å². The lowest BCUT2D eigenvalue weighted by Crippen LogP contribution is -2.31. The summed E-state index contributed by atoms with van der Waals surface area (Å²) in [6.45, 7) is 2.40. The van der Waals surface area contributed by atoms with Gasteiger partial charge in [-0.1, -0.05) is 48.5 Å². The number of anilines is 2. The van der Waals surface area contributed by atoms with Crippen LogP contribution in [-0.2, 0) is 6.54 Å². The molecule has 29 heavy (non-hydrogen) atoms. The summed E-state index contributed by atoms with van der Waals surface area (Å²) in [5.41, 5.74) is 3.29. The molecule has 3 rings (SSSR count). The number of carbonyl (C=O) groups is 1. The van der Waals surface area contributed by atoms with E-state index in [1.165, 1.54) is 0 Å². The van der Waals surface area contributed by atoms with Gasteiger partial charge in [0.1, 0.15) is 5.69 Å². The quantitative estimate of drug-likeness (QED) is 0.556. The Labute approximate surface area is 173 Å². The fourth-order valence-electron chi connectivity index (χ4n) is 3.05. The minimum absolute atomic E-state index is 0.112. The van der Waals surface area contributed by atoms with Crippen LogP contribution < -0.4 is 10.2 Å². The molecule has 1 amide bonds. The van der Waals surface area contributed by atoms with Crippen LogP contribution in [0.15, 0.2) is 79.0 Å². The summed E-state index contributed by atoms with van der Waals surface area (Å²) in [7, 11) is 4.13. The Morgan fingerprint density at radius 1 is 0.931 bits per heavy atom. The second-order valence-corrected chi connectivity index (χ2v) is 7.23. The van der Waals surface area contributed by atoms with E-state index in [-0.39, 0.29) is 5.91 Å². The van der Waals surface area contributed by atoms with E-state index in [4.69, 9.17) is 0 Å². The standard InChI is InChI=1S/C24H28N4O/c1-27(2)17-9-16-25-21-14-15-23(26-18-21)24(29)28(22-12-7-4-8-13-22)19-20-10-5-3-6-11-20/h3-8,10-15,18,25H,9,16-17,19H2,1-2H3. The molecule has 2 aromatic carbocycles. The number of carbonyl (C=O) groups excluding carboxylic acids is 1. The van der Waals surface area contributed by atoms with Crippen molar-refractivity contribution in [1.29, 1.82) is 0 Å². The molecule has 150 valence electrons. The molecule has 1 N–H and O–H groups in total. The highest BCUT2D eigenvalue weighted by atomic mass is 16.2. The Hall–Kier alpha value is -3.18. The molecule has 0 atom stereocenters. The fourth-order valence-corrected chi connectivity index (χ4v) is 3.05. The minimum atomic E-state index is -0.112. The van der Waals surface area contributed by atoms with Gasteiger partial charge in [0.2, 0.25) is 0 Å². The number of nitrogens with zero attached hydrogens (tertiary/aromatic N) is 3. The Morgan fingerprint density at radius 2 is 1.62 bits per heavy atom. The molecule has 0 aliphatic heterocycles. The number of hydrogen-bond acceptors (Lipinski definition) is 4. The van der Waals surface area contributed by atoms with Crippen LogP contribution in [0.1, 0.15) is 22.5 Å². The number of rotatable bonds is 9. The topological polar surface area (TPSA) is 48.5 Å². The molecule has 0 unspecified atom stereocenters. The van der Waals surface area contributed by atoms with E-state index in [0.717, 1.165) is 36.4 Å². The SMILES string of the molecule is CN(C)CCCNc1ccc(C(=O)N(Cc2ccccc2)c2ccccc2)nc1. The first-order valence-electron chi connectivity index (χ1n) is 9.89. The van der Waals surface area contributed by atoms with E-state index in [1.54, 1.807) is 17.2 Å². The average Bonchev–Trinajstić information content (AvgIpc) is 2.76. The van der Waals surface area contributed by atoms with Gasteiger partial charge in [0.25, 0.3) is 5.91 Å². The Balaban J connectivity index is 1.72. The molecule has 0 aliphatic rings. The van der Waals surface area contributed by atoms with Crippen LogP contribution in [-0.4, -0.2) is 43.0 Å². The predicted molar refractivity (Wildman–Crippen MR) is 119 cm³/mol. The molecule has 0 spiro atoms. The van der Waals surface area contributed by atoms with Gasteiger partial charge in [-0.2, -0.15) is 0 Å². The molecule has 3 aromatic rings. The molecule has 1 aromatic heterocycles. The molecular weight excluding hydrogens is 360 g/mol. The lowest BCUT2D eigenvalue weighted by atomic mass is 10.1. The molecule has 1 heterocycles. The van der Waals surface area contributed by atoms with Crippen LogP contribution in [0.4, 0.5) is 11.4 Å². The molecule has 5 nitrogen and oxygen atoms in total. The van der Waals surface area contributed by atoms with Gasteiger partial charge in [0, 0.05) is 12.2 Å². The summed E-state index contributed by atoms with van der Waals surface area (Å²) in [6.07, 6.45) is 2.78. The van der Waals surface area contributed by atoms with Crippen molar-refractivity contribution in [3.63, 3.8) is 0 Å². The summed E-state index contributed by atoms with van der Waals surface area (Å²) in [6, 6.07) is 23.4. The lowest BCUT2D eigenvalue weighted by molar-refractivity contribution is 0.0980. The highest BCUT2D eigenvalue weighted by Gasteiger charge is 2.19. The molecule has 0 saturated carbocycles. The highest BCUT2D eigenvalue weighted by Crippen LogP contribution is 2.20. The van der Waals surface area contributed by atoms with Crippen molar-refractivity contribution in [1.82, 2.24) is 9.88 Å². The normalized spacial score (nSPS) is 10.7. The molecule has 0 saturated heterocycles. The largest absolute Gasteiger partial charge is 0.384 e. The van der Waals surface area contributed by atoms with Gasteiger partial charge >= 0.3 is 0 Å². The van der Waals surface area contributed by atoms with Crippen LogP contribution in [0, 0.1) is 0 Å². The predicted octanol–water partition coefficient (Wildman–Crippen LogP) is 4.29. The van der Waals surface area contributed by atoms with Crippen molar-refractivity contribution in [2.45, 2.75) is 13.0 Å². The number of benzene rings is 2. The van der Waals surface area contributed by atoms with Crippen molar-refractivity contribution in [2.24, 2.45) is 0 Å². The van der Waals surface area contributed by atoms with Crippen LogP contribution in [0.3, 0.4) is 0 Å². The van der Waals surface area contributed by atoms with Crippen molar-refractivity contribution in [3.05, 3.63) is 90.3 Å². The summed E-state index contributed by atoms with van der Waals surface area (Å²) < 4.78 is 0. The van der Waals surface area contributed by atoms with E-state index in [0.29, 0.717) is 12.2 Å². The van der Waals surface area contributed by atoms with E-state index in [2.05, 4.69) is 29.3 Å². The summed E-state index contributed by atoms with van der Waals surface area (Å²) in [5.74, 6) is -0.112. The smallest absolute Gasteiger partial charge is 0.277 e. The maximum Gasteiger partial charge on any atom is 0.277 e. The molecule has 5 heteroatoms. The van der Waals surface area contributed by atoms with Crippen molar-refractivity contribution >= 4 is 17.3 Å². The number of para-hydroxylation sites is 1. The van der Waals surface area contributed by atoms with Crippen LogP contribution >= 0.6 is 0 Å². The van der Waals surface area contributed by atoms with E-state index >= 15 is 0 Å². The van der Waals surface area contributed by atoms with E-state index in [1.807, 2.05) is 66.7 Å². The zero-order chi connectivity index (χ0) is 20.5. The van der Waals surface area contributed by atoms with Crippen molar-refractivity contribution < 1.29 is 4.79 Å². The molecule has 0 fully saturated rings. The number of nitrogens with one attached hydrogen (secondary N) is 1. The van der Waals surface area contributed by atoms with E-state index in [9.17, 15) is 4.79 Å². The first-order chi connectivity index (χ1) is 14.1. The maximum atomic E-state index is 13.2. The second-order valence-electron chi connectivity index (χ2n) is 7.23. The molecule has 0 bridgehead atoms. The number of amides is 1. The van der Waals surface area contributed by atoms with Gasteiger partial charge in [-0.3, -0.25) is 4.79 Å². The van der Waals surface area contributed by atoms with Crippen molar-refractivity contribution in [2.75, 3.05) is 37.4 Å². The van der Waals surface area contributed by atoms with Crippen LogP contribution in [0.5, 0.6) is 0 Å². The molecule has 0 aliphatic carbocycles. The van der Waals surface area contributed by atoms with Gasteiger partial charge in [0.05, 0.1) is 18.4 Å². The van der Waals surface area contributed by atoms with Gasteiger partial charge in [-0.15, -0.1) is 0 Å². The zero-order valence-electron chi connectivity index (χ0n) is 17.1. The highest BCUT2D eigenvalue weighted by molar-refractivity contribution is 6.04. The first-order valence-corrected chi connectivity index (χ1v) is 9.89. The Kier molecular flexibility index (Phi) is 7.36. The summed E-state index contributed by atoms with van der Waals surface area (Å²) >= 11 is 0. The number of aromatic nitrogens is 1. The third kappa shape index (κ3) is 6.16. The molecular formula is C24H28N4O. The monoisotopic (exact) mass is 388 g/mol. The van der Waals surface area contributed by atoms with Gasteiger partial charge in [0.15, 0.2) is 0 Å². The Morgan fingerprint density at radius 3 is 2.24 bits per heavy atom. The van der Waals surface area contributed by atoms with Gasteiger partial charge in [-0.25, -0.2) is 4.98 Å². The lowest BCUT2D eigenvalue weighted by Gasteiger charge is -2.23. The van der Waals surface area contributed by atoms with Gasteiger partial charge in [-0.05, 0) is 56.9 Å². The first kappa shape index (κ1) is 20.6. The van der Waals surface area contributed by atoms with E-state index < -0.39 is 0 Å². The van der Waals surface area contributed by atoms with Crippen LogP contribution in [0.25, 0.3) is 0 Å². The minimum Gasteiger partial charge on any atom is -0.384 e. The number of hydrogen-bond donors (Lipinski definition) is 1. The second kappa shape index (κ2) is 10.4. The summed E-state index contributed by atoms with van der Waals surface area (Å²) in [4.78, 5) is 21.6. The third-order valence-corrected chi connectivity index (χ3v) is 4.59. The van der Waals surface area contributed by atoms with Gasteiger partial charge < -0.3 is 15.1 Å². The zero-order valence-corrected chi connectivity index (χ0v) is 17.1. The third-order valence-electron chi connectivity index (χ3n) is 4.59. The fraction of sp³-hybridized carbons (Fsp3) is 0.250. The average molecular weight is 389 g/mol. The summed E-state index contributed by atoms with van der Waals surface area (Å²) in [5, 5.41) is 3.35. The molecule has 0 radical (unpaired) electrons. The Bertz CT molecular complexity index is 880. The number of pyridine rings is 1. The maximum absolute atomic E-state index is 13.2.